The van der Waals surface area contributed by atoms with Crippen molar-refractivity contribution < 1.29 is 23.5 Å². The van der Waals surface area contributed by atoms with E-state index < -0.39 is 32.1 Å². The molecule has 0 heterocycles. The van der Waals surface area contributed by atoms with Gasteiger partial charge in [0.2, 0.25) is 0 Å². The molecule has 1 atom stereocenters. The van der Waals surface area contributed by atoms with E-state index in [1.807, 2.05) is 0 Å². The summed E-state index contributed by atoms with van der Waals surface area (Å²) < 4.78 is 19.1. The molecule has 7 heteroatoms. The molecule has 0 radical (unpaired) electrons. The summed E-state index contributed by atoms with van der Waals surface area (Å²) in [6.07, 6.45) is 0.156. The van der Waals surface area contributed by atoms with Crippen LogP contribution in [-0.4, -0.2) is 37.9 Å². The standard InChI is InChI=1S/C17H26FNO4Si/c1-17(2,3)24(4,5)23-10-9-14(16(21)22)19-15(20)12-7-6-8-13(18)11-12/h6-8,11,14H,9-10H2,1-5H3,(H,19,20)(H,21,22)/t14-/m1/s1. The maximum absolute atomic E-state index is 13.2. The van der Waals surface area contributed by atoms with Crippen LogP contribution in [0.1, 0.15) is 37.6 Å². The molecule has 5 nitrogen and oxygen atoms in total. The van der Waals surface area contributed by atoms with Gasteiger partial charge < -0.3 is 14.8 Å². The number of halogens is 1. The van der Waals surface area contributed by atoms with E-state index in [1.54, 1.807) is 0 Å². The first kappa shape index (κ1) is 20.3. The van der Waals surface area contributed by atoms with E-state index in [2.05, 4.69) is 39.2 Å². The maximum Gasteiger partial charge on any atom is 0.326 e. The van der Waals surface area contributed by atoms with Gasteiger partial charge in [0.05, 0.1) is 0 Å². The van der Waals surface area contributed by atoms with E-state index in [9.17, 15) is 19.1 Å². The van der Waals surface area contributed by atoms with E-state index in [1.165, 1.54) is 18.2 Å². The lowest BCUT2D eigenvalue weighted by molar-refractivity contribution is -0.139. The van der Waals surface area contributed by atoms with Crippen LogP contribution in [0.15, 0.2) is 24.3 Å². The molecule has 0 spiro atoms. The highest BCUT2D eigenvalue weighted by Crippen LogP contribution is 2.36. The van der Waals surface area contributed by atoms with Crippen molar-refractivity contribution in [2.24, 2.45) is 0 Å². The molecule has 1 aromatic rings. The van der Waals surface area contributed by atoms with Gasteiger partial charge in [0, 0.05) is 18.6 Å². The maximum atomic E-state index is 13.2. The van der Waals surface area contributed by atoms with E-state index >= 15 is 0 Å². The van der Waals surface area contributed by atoms with Crippen LogP contribution in [0.4, 0.5) is 4.39 Å². The summed E-state index contributed by atoms with van der Waals surface area (Å²) in [7, 11) is -1.97. The predicted octanol–water partition coefficient (Wildman–Crippen LogP) is 3.42. The summed E-state index contributed by atoms with van der Waals surface area (Å²) in [5.74, 6) is -2.30. The van der Waals surface area contributed by atoms with Gasteiger partial charge >= 0.3 is 5.97 Å². The van der Waals surface area contributed by atoms with Crippen molar-refractivity contribution in [1.29, 1.82) is 0 Å². The summed E-state index contributed by atoms with van der Waals surface area (Å²) in [4.78, 5) is 23.4. The highest BCUT2D eigenvalue weighted by molar-refractivity contribution is 6.74. The van der Waals surface area contributed by atoms with Gasteiger partial charge in [-0.2, -0.15) is 0 Å². The van der Waals surface area contributed by atoms with E-state index in [4.69, 9.17) is 4.43 Å². The zero-order chi connectivity index (χ0) is 18.5. The number of carboxylic acid groups (broad SMARTS) is 1. The molecule has 0 aliphatic carbocycles. The van der Waals surface area contributed by atoms with Crippen LogP contribution >= 0.6 is 0 Å². The number of nitrogens with one attached hydrogen (secondary N) is 1. The molecule has 0 aliphatic heterocycles. The Kier molecular flexibility index (Phi) is 6.68. The first-order valence-corrected chi connectivity index (χ1v) is 10.8. The predicted molar refractivity (Wildman–Crippen MR) is 93.1 cm³/mol. The van der Waals surface area contributed by atoms with Crippen LogP contribution < -0.4 is 5.32 Å². The van der Waals surface area contributed by atoms with Gasteiger partial charge in [-0.05, 0) is 36.3 Å². The summed E-state index contributed by atoms with van der Waals surface area (Å²) in [5.41, 5.74) is 0.0894. The molecular weight excluding hydrogens is 329 g/mol. The molecule has 0 aromatic heterocycles. The Morgan fingerprint density at radius 3 is 2.46 bits per heavy atom. The minimum Gasteiger partial charge on any atom is -0.480 e. The number of carbonyl (C=O) groups excluding carboxylic acids is 1. The fraction of sp³-hybridized carbons (Fsp3) is 0.529. The van der Waals surface area contributed by atoms with Crippen molar-refractivity contribution in [2.45, 2.75) is 51.4 Å². The number of hydrogen-bond acceptors (Lipinski definition) is 3. The summed E-state index contributed by atoms with van der Waals surface area (Å²) >= 11 is 0. The molecule has 0 saturated carbocycles. The molecule has 0 unspecified atom stereocenters. The zero-order valence-corrected chi connectivity index (χ0v) is 15.9. The Balaban J connectivity index is 2.65. The smallest absolute Gasteiger partial charge is 0.326 e. The SMILES string of the molecule is CC(C)(C)[Si](C)(C)OCC[C@@H](NC(=O)c1cccc(F)c1)C(=O)O. The van der Waals surface area contributed by atoms with Gasteiger partial charge in [-0.15, -0.1) is 0 Å². The normalized spacial score (nSPS) is 13.4. The van der Waals surface area contributed by atoms with Gasteiger partial charge in [0.25, 0.3) is 5.91 Å². The Morgan fingerprint density at radius 2 is 1.96 bits per heavy atom. The molecule has 0 fully saturated rings. The van der Waals surface area contributed by atoms with Crippen molar-refractivity contribution in [2.75, 3.05) is 6.61 Å². The molecule has 24 heavy (non-hydrogen) atoms. The molecule has 0 aliphatic rings. The molecule has 0 saturated heterocycles. The molecule has 0 bridgehead atoms. The monoisotopic (exact) mass is 355 g/mol. The van der Waals surface area contributed by atoms with Crippen LogP contribution in [0.25, 0.3) is 0 Å². The van der Waals surface area contributed by atoms with Crippen molar-refractivity contribution >= 4 is 20.2 Å². The third-order valence-corrected chi connectivity index (χ3v) is 8.90. The number of carbonyl (C=O) groups is 2. The fourth-order valence-electron chi connectivity index (χ4n) is 1.78. The van der Waals surface area contributed by atoms with Crippen molar-refractivity contribution in [3.63, 3.8) is 0 Å². The van der Waals surface area contributed by atoms with Gasteiger partial charge in [-0.3, -0.25) is 4.79 Å². The van der Waals surface area contributed by atoms with Gasteiger partial charge in [-0.1, -0.05) is 26.8 Å². The first-order chi connectivity index (χ1) is 10.9. The summed E-state index contributed by atoms with van der Waals surface area (Å²) in [6, 6.07) is 4.05. The summed E-state index contributed by atoms with van der Waals surface area (Å²) in [5, 5.41) is 11.7. The Bertz CT molecular complexity index is 598. The summed E-state index contributed by atoms with van der Waals surface area (Å²) in [6.45, 7) is 10.7. The molecule has 134 valence electrons. The van der Waals surface area contributed by atoms with Crippen LogP contribution in [0.3, 0.4) is 0 Å². The second-order valence-corrected chi connectivity index (χ2v) is 12.1. The Labute approximate surface area is 143 Å². The minimum absolute atomic E-state index is 0.0243. The highest BCUT2D eigenvalue weighted by atomic mass is 28.4. The lowest BCUT2D eigenvalue weighted by Crippen LogP contribution is -2.44. The third-order valence-electron chi connectivity index (χ3n) is 4.37. The minimum atomic E-state index is -1.97. The quantitative estimate of drug-likeness (QED) is 0.735. The van der Waals surface area contributed by atoms with Crippen LogP contribution in [0.5, 0.6) is 0 Å². The van der Waals surface area contributed by atoms with Gasteiger partial charge in [0.15, 0.2) is 8.32 Å². The van der Waals surface area contributed by atoms with E-state index in [-0.39, 0.29) is 23.6 Å². The lowest BCUT2D eigenvalue weighted by Gasteiger charge is -2.36. The number of aliphatic carboxylic acids is 1. The van der Waals surface area contributed by atoms with Crippen LogP contribution in [-0.2, 0) is 9.22 Å². The zero-order valence-electron chi connectivity index (χ0n) is 14.9. The molecule has 1 aromatic carbocycles. The van der Waals surface area contributed by atoms with Crippen molar-refractivity contribution in [1.82, 2.24) is 5.32 Å². The van der Waals surface area contributed by atoms with Gasteiger partial charge in [-0.25, -0.2) is 9.18 Å². The van der Waals surface area contributed by atoms with E-state index in [0.717, 1.165) is 6.07 Å². The average molecular weight is 355 g/mol. The molecule has 2 N–H and O–H groups in total. The topological polar surface area (TPSA) is 75.6 Å². The Morgan fingerprint density at radius 1 is 1.33 bits per heavy atom. The Hall–Kier alpha value is -1.73. The third kappa shape index (κ3) is 5.72. The number of benzene rings is 1. The number of hydrogen-bond donors (Lipinski definition) is 2. The van der Waals surface area contributed by atoms with Crippen LogP contribution in [0, 0.1) is 5.82 Å². The highest BCUT2D eigenvalue weighted by Gasteiger charge is 2.37. The van der Waals surface area contributed by atoms with Gasteiger partial charge in [0.1, 0.15) is 11.9 Å². The number of amides is 1. The van der Waals surface area contributed by atoms with E-state index in [0.29, 0.717) is 0 Å². The second kappa shape index (κ2) is 7.89. The molecular formula is C17H26FNO4Si. The molecule has 1 amide bonds. The van der Waals surface area contributed by atoms with Crippen LogP contribution in [0.2, 0.25) is 18.1 Å². The molecule has 1 rings (SSSR count). The van der Waals surface area contributed by atoms with Crippen molar-refractivity contribution in [3.05, 3.63) is 35.6 Å². The second-order valence-electron chi connectivity index (χ2n) is 7.27. The number of rotatable bonds is 7. The average Bonchev–Trinajstić information content (AvgIpc) is 2.44. The fourth-order valence-corrected chi connectivity index (χ4v) is 2.84. The first-order valence-electron chi connectivity index (χ1n) is 7.87. The number of carboxylic acids is 1. The van der Waals surface area contributed by atoms with Crippen molar-refractivity contribution in [3.8, 4) is 0 Å². The largest absolute Gasteiger partial charge is 0.480 e. The lowest BCUT2D eigenvalue weighted by atomic mass is 10.1.